The monoisotopic (exact) mass is 235 g/mol. The maximum atomic E-state index is 11.9. The fourth-order valence-corrected chi connectivity index (χ4v) is 1.93. The number of benzene rings is 1. The third-order valence-corrected chi connectivity index (χ3v) is 2.99. The maximum Gasteiger partial charge on any atom is 0.321 e. The van der Waals surface area contributed by atoms with Gasteiger partial charge in [-0.3, -0.25) is 0 Å². The van der Waals surface area contributed by atoms with Crippen LogP contribution in [0.3, 0.4) is 0 Å². The number of nitrogens with zero attached hydrogens (tertiary/aromatic N) is 1. The van der Waals surface area contributed by atoms with Gasteiger partial charge in [0.05, 0.1) is 12.1 Å². The van der Waals surface area contributed by atoms with Crippen molar-refractivity contribution in [3.05, 3.63) is 30.3 Å². The zero-order valence-corrected chi connectivity index (χ0v) is 9.76. The molecule has 5 heteroatoms. The van der Waals surface area contributed by atoms with Crippen molar-refractivity contribution in [2.24, 2.45) is 0 Å². The number of hydrogen-bond donors (Lipinski definition) is 3. The summed E-state index contributed by atoms with van der Waals surface area (Å²) in [6.07, 6.45) is -0.499. The molecule has 92 valence electrons. The number of β-amino-alcohol motifs (C(OH)–C–C–N with tert-alkyl or cyclic N) is 1. The van der Waals surface area contributed by atoms with E-state index in [1.165, 1.54) is 4.90 Å². The highest BCUT2D eigenvalue weighted by molar-refractivity contribution is 5.89. The standard InChI is InChI=1S/C12H17N3O2/c1-15(10-7-13-8-11(10)16)12(17)14-9-5-3-2-4-6-9/h2-6,10-11,13,16H,7-8H2,1H3,(H,14,17)/t10-,11-/m0/s1. The molecule has 2 amide bonds. The Kier molecular flexibility index (Phi) is 3.61. The molecule has 0 bridgehead atoms. The highest BCUT2D eigenvalue weighted by atomic mass is 16.3. The molecule has 1 aliphatic heterocycles. The van der Waals surface area contributed by atoms with Crippen LogP contribution in [0.5, 0.6) is 0 Å². The Morgan fingerprint density at radius 3 is 2.71 bits per heavy atom. The first-order valence-electron chi connectivity index (χ1n) is 5.66. The van der Waals surface area contributed by atoms with Gasteiger partial charge < -0.3 is 20.6 Å². The summed E-state index contributed by atoms with van der Waals surface area (Å²) in [5.41, 5.74) is 0.754. The summed E-state index contributed by atoms with van der Waals surface area (Å²) in [4.78, 5) is 13.5. The molecule has 1 aliphatic rings. The number of nitrogens with one attached hydrogen (secondary N) is 2. The van der Waals surface area contributed by atoms with Crippen LogP contribution in [0.2, 0.25) is 0 Å². The molecule has 0 radical (unpaired) electrons. The molecular weight excluding hydrogens is 218 g/mol. The molecule has 0 unspecified atom stereocenters. The number of carbonyl (C=O) groups is 1. The molecule has 0 aromatic heterocycles. The normalized spacial score (nSPS) is 23.4. The summed E-state index contributed by atoms with van der Waals surface area (Å²) < 4.78 is 0. The van der Waals surface area contributed by atoms with Crippen LogP contribution in [0, 0.1) is 0 Å². The number of anilines is 1. The summed E-state index contributed by atoms with van der Waals surface area (Å²) in [5.74, 6) is 0. The molecule has 1 fully saturated rings. The van der Waals surface area contributed by atoms with Gasteiger partial charge in [0.2, 0.25) is 0 Å². The molecule has 1 aromatic carbocycles. The van der Waals surface area contributed by atoms with Crippen molar-refractivity contribution in [3.8, 4) is 0 Å². The number of aliphatic hydroxyl groups is 1. The predicted molar refractivity (Wildman–Crippen MR) is 65.9 cm³/mol. The van der Waals surface area contributed by atoms with Gasteiger partial charge >= 0.3 is 6.03 Å². The average Bonchev–Trinajstić information content (AvgIpc) is 2.76. The quantitative estimate of drug-likeness (QED) is 0.698. The topological polar surface area (TPSA) is 64.6 Å². The summed E-state index contributed by atoms with van der Waals surface area (Å²) >= 11 is 0. The van der Waals surface area contributed by atoms with Crippen molar-refractivity contribution >= 4 is 11.7 Å². The Morgan fingerprint density at radius 2 is 2.12 bits per heavy atom. The highest BCUT2D eigenvalue weighted by Crippen LogP contribution is 2.11. The van der Waals surface area contributed by atoms with Crippen molar-refractivity contribution in [2.75, 3.05) is 25.5 Å². The number of hydrogen-bond acceptors (Lipinski definition) is 3. The summed E-state index contributed by atoms with van der Waals surface area (Å²) in [6, 6.07) is 8.90. The van der Waals surface area contributed by atoms with E-state index >= 15 is 0 Å². The number of likely N-dealkylation sites (N-methyl/N-ethyl adjacent to an activating group) is 1. The molecule has 1 aromatic rings. The molecule has 1 saturated heterocycles. The Hall–Kier alpha value is -1.59. The van der Waals surface area contributed by atoms with Gasteiger partial charge in [0, 0.05) is 25.8 Å². The van der Waals surface area contributed by atoms with E-state index < -0.39 is 6.10 Å². The van der Waals surface area contributed by atoms with Crippen LogP contribution >= 0.6 is 0 Å². The van der Waals surface area contributed by atoms with Gasteiger partial charge in [-0.2, -0.15) is 0 Å². The van der Waals surface area contributed by atoms with Crippen LogP contribution in [0.1, 0.15) is 0 Å². The van der Waals surface area contributed by atoms with Crippen molar-refractivity contribution in [2.45, 2.75) is 12.1 Å². The first-order chi connectivity index (χ1) is 8.18. The van der Waals surface area contributed by atoms with E-state index in [1.54, 1.807) is 7.05 Å². The van der Waals surface area contributed by atoms with Crippen molar-refractivity contribution in [1.82, 2.24) is 10.2 Å². The van der Waals surface area contributed by atoms with Gasteiger partial charge in [-0.15, -0.1) is 0 Å². The molecule has 1 heterocycles. The largest absolute Gasteiger partial charge is 0.390 e. The van der Waals surface area contributed by atoms with E-state index in [9.17, 15) is 9.90 Å². The lowest BCUT2D eigenvalue weighted by atomic mass is 10.2. The van der Waals surface area contributed by atoms with Gasteiger partial charge in [-0.1, -0.05) is 18.2 Å². The first-order valence-corrected chi connectivity index (χ1v) is 5.66. The van der Waals surface area contributed by atoms with Crippen molar-refractivity contribution in [3.63, 3.8) is 0 Å². The van der Waals surface area contributed by atoms with Gasteiger partial charge in [0.15, 0.2) is 0 Å². The van der Waals surface area contributed by atoms with E-state index in [1.807, 2.05) is 30.3 Å². The molecular formula is C12H17N3O2. The predicted octanol–water partition coefficient (Wildman–Crippen LogP) is 0.483. The Morgan fingerprint density at radius 1 is 1.41 bits per heavy atom. The summed E-state index contributed by atoms with van der Waals surface area (Å²) in [6.45, 7) is 1.16. The number of urea groups is 1. The third kappa shape index (κ3) is 2.75. The van der Waals surface area contributed by atoms with Crippen LogP contribution < -0.4 is 10.6 Å². The second-order valence-corrected chi connectivity index (χ2v) is 4.20. The number of carbonyl (C=O) groups excluding carboxylic acids is 1. The molecule has 0 saturated carbocycles. The molecule has 2 rings (SSSR count). The van der Waals surface area contributed by atoms with Crippen LogP contribution in [-0.2, 0) is 0 Å². The molecule has 0 aliphatic carbocycles. The van der Waals surface area contributed by atoms with Crippen LogP contribution in [0.4, 0.5) is 10.5 Å². The fraction of sp³-hybridized carbons (Fsp3) is 0.417. The number of aliphatic hydroxyl groups excluding tert-OH is 1. The van der Waals surface area contributed by atoms with Gasteiger partial charge in [0.25, 0.3) is 0 Å². The molecule has 2 atom stereocenters. The van der Waals surface area contributed by atoms with E-state index in [0.717, 1.165) is 5.69 Å². The highest BCUT2D eigenvalue weighted by Gasteiger charge is 2.31. The molecule has 3 N–H and O–H groups in total. The zero-order chi connectivity index (χ0) is 12.3. The minimum Gasteiger partial charge on any atom is -0.390 e. The van der Waals surface area contributed by atoms with E-state index in [-0.39, 0.29) is 12.1 Å². The van der Waals surface area contributed by atoms with Crippen LogP contribution in [0.15, 0.2) is 30.3 Å². The fourth-order valence-electron chi connectivity index (χ4n) is 1.93. The van der Waals surface area contributed by atoms with Gasteiger partial charge in [-0.05, 0) is 12.1 Å². The molecule has 5 nitrogen and oxygen atoms in total. The lowest BCUT2D eigenvalue weighted by Gasteiger charge is -2.26. The number of para-hydroxylation sites is 1. The third-order valence-electron chi connectivity index (χ3n) is 2.99. The average molecular weight is 235 g/mol. The Labute approximate surface area is 100 Å². The van der Waals surface area contributed by atoms with Crippen molar-refractivity contribution < 1.29 is 9.90 Å². The molecule has 17 heavy (non-hydrogen) atoms. The summed E-state index contributed by atoms with van der Waals surface area (Å²) in [5, 5.41) is 15.5. The van der Waals surface area contributed by atoms with E-state index in [4.69, 9.17) is 0 Å². The summed E-state index contributed by atoms with van der Waals surface area (Å²) in [7, 11) is 1.69. The van der Waals surface area contributed by atoms with Crippen LogP contribution in [0.25, 0.3) is 0 Å². The zero-order valence-electron chi connectivity index (χ0n) is 9.76. The first kappa shape index (κ1) is 11.9. The molecule has 0 spiro atoms. The lowest BCUT2D eigenvalue weighted by Crippen LogP contribution is -2.46. The van der Waals surface area contributed by atoms with Crippen molar-refractivity contribution in [1.29, 1.82) is 0 Å². The Bertz CT molecular complexity index is 383. The second kappa shape index (κ2) is 5.16. The van der Waals surface area contributed by atoms with Crippen LogP contribution in [-0.4, -0.2) is 48.3 Å². The van der Waals surface area contributed by atoms with Gasteiger partial charge in [-0.25, -0.2) is 4.79 Å². The SMILES string of the molecule is CN(C(=O)Nc1ccccc1)[C@H]1CNC[C@@H]1O. The maximum absolute atomic E-state index is 11.9. The minimum absolute atomic E-state index is 0.168. The smallest absolute Gasteiger partial charge is 0.321 e. The van der Waals surface area contributed by atoms with E-state index in [0.29, 0.717) is 13.1 Å². The number of rotatable bonds is 2. The van der Waals surface area contributed by atoms with E-state index in [2.05, 4.69) is 10.6 Å². The second-order valence-electron chi connectivity index (χ2n) is 4.20. The number of amides is 2. The Balaban J connectivity index is 1.96. The minimum atomic E-state index is -0.499. The van der Waals surface area contributed by atoms with Gasteiger partial charge in [0.1, 0.15) is 0 Å². The lowest BCUT2D eigenvalue weighted by molar-refractivity contribution is 0.115.